The van der Waals surface area contributed by atoms with Crippen molar-refractivity contribution >= 4 is 29.1 Å². The van der Waals surface area contributed by atoms with Gasteiger partial charge in [-0.3, -0.25) is 0 Å². The summed E-state index contributed by atoms with van der Waals surface area (Å²) in [5.74, 6) is -0.213. The Balaban J connectivity index is 1.51. The number of thiocarbonyl (C=S) groups is 1. The number of alkyl halides is 3. The Morgan fingerprint density at radius 2 is 1.80 bits per heavy atom. The van der Waals surface area contributed by atoms with E-state index in [0.717, 1.165) is 63.0 Å². The predicted molar refractivity (Wildman–Crippen MR) is 133 cm³/mol. The number of nitrogens with zero attached hydrogens (tertiary/aromatic N) is 3. The van der Waals surface area contributed by atoms with E-state index in [1.54, 1.807) is 12.1 Å². The first-order valence-corrected chi connectivity index (χ1v) is 12.6. The third-order valence-electron chi connectivity index (χ3n) is 7.18. The van der Waals surface area contributed by atoms with Crippen molar-refractivity contribution in [2.45, 2.75) is 75.9 Å². The van der Waals surface area contributed by atoms with Gasteiger partial charge in [-0.25, -0.2) is 9.37 Å². The van der Waals surface area contributed by atoms with Crippen molar-refractivity contribution in [2.24, 2.45) is 0 Å². The fraction of sp³-hybridized carbons (Fsp3) is 0.560. The van der Waals surface area contributed by atoms with Gasteiger partial charge in [-0.1, -0.05) is 31.4 Å². The highest BCUT2D eigenvalue weighted by Crippen LogP contribution is 2.39. The SMILES string of the molecule is C[C@H]1CCCCN1c1cc(C(F)(F)F)nc(NC(=S)NCC2(c3ccc(F)cc3)CCCCC2)n1. The number of hydrogen-bond donors (Lipinski definition) is 2. The summed E-state index contributed by atoms with van der Waals surface area (Å²) < 4.78 is 54.3. The van der Waals surface area contributed by atoms with E-state index >= 15 is 0 Å². The molecule has 1 saturated heterocycles. The molecule has 2 N–H and O–H groups in total. The molecule has 1 aliphatic heterocycles. The number of rotatable bonds is 5. The highest BCUT2D eigenvalue weighted by molar-refractivity contribution is 7.80. The van der Waals surface area contributed by atoms with Crippen LogP contribution in [0, 0.1) is 5.82 Å². The molecular formula is C25H31F4N5S. The molecule has 190 valence electrons. The number of hydrogen-bond acceptors (Lipinski definition) is 4. The summed E-state index contributed by atoms with van der Waals surface area (Å²) in [4.78, 5) is 9.97. The summed E-state index contributed by atoms with van der Waals surface area (Å²) in [6.45, 7) is 3.13. The summed E-state index contributed by atoms with van der Waals surface area (Å²) >= 11 is 5.43. The third kappa shape index (κ3) is 6.20. The lowest BCUT2D eigenvalue weighted by Gasteiger charge is -2.38. The van der Waals surface area contributed by atoms with Crippen LogP contribution < -0.4 is 15.5 Å². The van der Waals surface area contributed by atoms with Crippen LogP contribution in [0.5, 0.6) is 0 Å². The monoisotopic (exact) mass is 509 g/mol. The van der Waals surface area contributed by atoms with Gasteiger partial charge in [-0.15, -0.1) is 0 Å². The fourth-order valence-electron chi connectivity index (χ4n) is 5.22. The molecule has 0 radical (unpaired) electrons. The summed E-state index contributed by atoms with van der Waals surface area (Å²) in [6.07, 6.45) is 3.34. The van der Waals surface area contributed by atoms with Crippen molar-refractivity contribution in [1.29, 1.82) is 0 Å². The number of aromatic nitrogens is 2. The van der Waals surface area contributed by atoms with Gasteiger partial charge in [0.2, 0.25) is 5.95 Å². The second kappa shape index (κ2) is 10.6. The second-order valence-corrected chi connectivity index (χ2v) is 10.0. The molecule has 35 heavy (non-hydrogen) atoms. The Labute approximate surface area is 208 Å². The number of halogens is 4. The van der Waals surface area contributed by atoms with Gasteiger partial charge in [0, 0.05) is 30.6 Å². The van der Waals surface area contributed by atoms with Crippen molar-refractivity contribution in [3.8, 4) is 0 Å². The second-order valence-electron chi connectivity index (χ2n) is 9.63. The molecule has 2 aliphatic rings. The zero-order valence-corrected chi connectivity index (χ0v) is 20.6. The minimum Gasteiger partial charge on any atom is -0.361 e. The lowest BCUT2D eigenvalue weighted by molar-refractivity contribution is -0.141. The normalized spacial score (nSPS) is 20.4. The van der Waals surface area contributed by atoms with Crippen molar-refractivity contribution in [3.05, 3.63) is 47.4 Å². The summed E-state index contributed by atoms with van der Waals surface area (Å²) in [5, 5.41) is 6.11. The Kier molecular flexibility index (Phi) is 7.78. The van der Waals surface area contributed by atoms with Crippen LogP contribution in [-0.2, 0) is 11.6 Å². The van der Waals surface area contributed by atoms with Gasteiger partial charge in [0.25, 0.3) is 0 Å². The van der Waals surface area contributed by atoms with Crippen LogP contribution in [-0.4, -0.2) is 34.2 Å². The van der Waals surface area contributed by atoms with E-state index in [2.05, 4.69) is 20.6 Å². The topological polar surface area (TPSA) is 53.1 Å². The maximum Gasteiger partial charge on any atom is 0.433 e. The number of nitrogens with one attached hydrogen (secondary N) is 2. The highest BCUT2D eigenvalue weighted by atomic mass is 32.1. The van der Waals surface area contributed by atoms with Crippen LogP contribution in [0.2, 0.25) is 0 Å². The van der Waals surface area contributed by atoms with Gasteiger partial charge in [0.05, 0.1) is 0 Å². The van der Waals surface area contributed by atoms with Gasteiger partial charge in [-0.05, 0) is 68.9 Å². The summed E-state index contributed by atoms with van der Waals surface area (Å²) in [6, 6.07) is 7.64. The number of benzene rings is 1. The molecule has 2 heterocycles. The number of piperidine rings is 1. The first-order chi connectivity index (χ1) is 16.7. The highest BCUT2D eigenvalue weighted by Gasteiger charge is 2.36. The van der Waals surface area contributed by atoms with Crippen LogP contribution in [0.4, 0.5) is 29.3 Å². The molecule has 2 aromatic rings. The van der Waals surface area contributed by atoms with Crippen molar-refractivity contribution < 1.29 is 17.6 Å². The van der Waals surface area contributed by atoms with E-state index in [1.165, 1.54) is 12.1 Å². The molecule has 0 bridgehead atoms. The summed E-state index contributed by atoms with van der Waals surface area (Å²) in [7, 11) is 0. The lowest BCUT2D eigenvalue weighted by Crippen LogP contribution is -2.44. The molecular weight excluding hydrogens is 478 g/mol. The maximum absolute atomic E-state index is 13.6. The largest absolute Gasteiger partial charge is 0.433 e. The first-order valence-electron chi connectivity index (χ1n) is 12.2. The quantitative estimate of drug-likeness (QED) is 0.370. The molecule has 10 heteroatoms. The van der Waals surface area contributed by atoms with E-state index in [-0.39, 0.29) is 34.2 Å². The van der Waals surface area contributed by atoms with Crippen molar-refractivity contribution in [1.82, 2.24) is 15.3 Å². The Bertz CT molecular complexity index is 1020. The minimum atomic E-state index is -4.60. The van der Waals surface area contributed by atoms with Gasteiger partial charge >= 0.3 is 6.18 Å². The van der Waals surface area contributed by atoms with Gasteiger partial charge in [0.15, 0.2) is 10.8 Å². The maximum atomic E-state index is 13.6. The standard InChI is InChI=1S/C25H31F4N5S/c1-17-7-3-6-14-34(17)21-15-20(25(27,28)29)31-22(32-21)33-23(35)30-16-24(12-4-2-5-13-24)18-8-10-19(26)11-9-18/h8-11,15,17H,2-7,12-14,16H2,1H3,(H2,30,31,32,33,35)/t17-/m0/s1. The van der Waals surface area contributed by atoms with E-state index < -0.39 is 11.9 Å². The lowest BCUT2D eigenvalue weighted by atomic mass is 9.69. The molecule has 1 saturated carbocycles. The molecule has 4 rings (SSSR count). The zero-order valence-electron chi connectivity index (χ0n) is 19.8. The van der Waals surface area contributed by atoms with Crippen LogP contribution in [0.3, 0.4) is 0 Å². The van der Waals surface area contributed by atoms with E-state index in [9.17, 15) is 17.6 Å². The van der Waals surface area contributed by atoms with E-state index in [0.29, 0.717) is 13.1 Å². The Hall–Kier alpha value is -2.49. The van der Waals surface area contributed by atoms with E-state index in [1.807, 2.05) is 11.8 Å². The molecule has 1 aliphatic carbocycles. The molecule has 0 spiro atoms. The van der Waals surface area contributed by atoms with Gasteiger partial charge in [-0.2, -0.15) is 18.2 Å². The van der Waals surface area contributed by atoms with E-state index in [4.69, 9.17) is 12.2 Å². The van der Waals surface area contributed by atoms with Crippen LogP contribution in [0.25, 0.3) is 0 Å². The molecule has 0 unspecified atom stereocenters. The number of anilines is 2. The average molecular weight is 510 g/mol. The average Bonchev–Trinajstić information content (AvgIpc) is 2.83. The molecule has 1 aromatic carbocycles. The molecule has 0 amide bonds. The fourth-order valence-corrected chi connectivity index (χ4v) is 5.38. The van der Waals surface area contributed by atoms with Crippen molar-refractivity contribution in [2.75, 3.05) is 23.3 Å². The van der Waals surface area contributed by atoms with Crippen molar-refractivity contribution in [3.63, 3.8) is 0 Å². The minimum absolute atomic E-state index is 0.0968. The van der Waals surface area contributed by atoms with Crippen LogP contribution in [0.1, 0.15) is 69.5 Å². The predicted octanol–water partition coefficient (Wildman–Crippen LogP) is 6.20. The molecule has 2 fully saturated rings. The Morgan fingerprint density at radius 1 is 1.09 bits per heavy atom. The summed E-state index contributed by atoms with van der Waals surface area (Å²) in [5.41, 5.74) is -0.188. The first kappa shape index (κ1) is 25.6. The van der Waals surface area contributed by atoms with Crippen LogP contribution in [0.15, 0.2) is 30.3 Å². The zero-order chi connectivity index (χ0) is 25.1. The van der Waals surface area contributed by atoms with Gasteiger partial charge < -0.3 is 15.5 Å². The third-order valence-corrected chi connectivity index (χ3v) is 7.43. The Morgan fingerprint density at radius 3 is 2.46 bits per heavy atom. The molecule has 1 atom stereocenters. The van der Waals surface area contributed by atoms with Crippen LogP contribution >= 0.6 is 12.2 Å². The van der Waals surface area contributed by atoms with Gasteiger partial charge in [0.1, 0.15) is 11.6 Å². The molecule has 5 nitrogen and oxygen atoms in total. The smallest absolute Gasteiger partial charge is 0.361 e. The molecule has 1 aromatic heterocycles.